The molecule has 1 unspecified atom stereocenters. The second-order valence-corrected chi connectivity index (χ2v) is 8.63. The highest BCUT2D eigenvalue weighted by Crippen LogP contribution is 2.42. The van der Waals surface area contributed by atoms with E-state index in [-0.39, 0.29) is 12.6 Å². The summed E-state index contributed by atoms with van der Waals surface area (Å²) in [6.45, 7) is 4.38. The molecule has 0 fully saturated rings. The van der Waals surface area contributed by atoms with Crippen LogP contribution in [0.3, 0.4) is 0 Å². The summed E-state index contributed by atoms with van der Waals surface area (Å²) in [4.78, 5) is 18.9. The summed E-state index contributed by atoms with van der Waals surface area (Å²) in [5.74, 6) is 4.10. The SMILES string of the molecule is C#CCn1c(-c2cc3cccc4c3n2C(CC)CN4CCCO)nc2cc(C=O)cc(OC)c21. The minimum atomic E-state index is 0.177. The van der Waals surface area contributed by atoms with Gasteiger partial charge in [-0.05, 0) is 37.1 Å². The van der Waals surface area contributed by atoms with E-state index in [1.54, 1.807) is 19.2 Å². The molecule has 3 heterocycles. The lowest BCUT2D eigenvalue weighted by molar-refractivity contribution is 0.112. The molecule has 0 bridgehead atoms. The molecule has 0 amide bonds. The van der Waals surface area contributed by atoms with Crippen LogP contribution in [-0.2, 0) is 6.54 Å². The van der Waals surface area contributed by atoms with Gasteiger partial charge in [-0.3, -0.25) is 4.79 Å². The van der Waals surface area contributed by atoms with Gasteiger partial charge in [0.1, 0.15) is 17.6 Å². The first-order valence-electron chi connectivity index (χ1n) is 11.6. The van der Waals surface area contributed by atoms with Crippen LogP contribution < -0.4 is 9.64 Å². The number of carbonyl (C=O) groups excluding carboxylic acids is 1. The van der Waals surface area contributed by atoms with Gasteiger partial charge >= 0.3 is 0 Å². The van der Waals surface area contributed by atoms with Crippen molar-refractivity contribution >= 4 is 33.9 Å². The third kappa shape index (κ3) is 3.34. The fraction of sp³-hybridized carbons (Fsp3) is 0.333. The number of aliphatic hydroxyl groups excluding tert-OH is 1. The Balaban J connectivity index is 1.81. The third-order valence-electron chi connectivity index (χ3n) is 6.70. The minimum Gasteiger partial charge on any atom is -0.494 e. The monoisotopic (exact) mass is 456 g/mol. The van der Waals surface area contributed by atoms with Crippen LogP contribution in [0.2, 0.25) is 0 Å². The number of imidazole rings is 1. The molecule has 1 atom stereocenters. The second-order valence-electron chi connectivity index (χ2n) is 8.63. The van der Waals surface area contributed by atoms with Crippen LogP contribution >= 0.6 is 0 Å². The van der Waals surface area contributed by atoms with Crippen molar-refractivity contribution in [3.8, 4) is 29.6 Å². The van der Waals surface area contributed by atoms with Crippen LogP contribution in [0.5, 0.6) is 5.75 Å². The Morgan fingerprint density at radius 2 is 2.15 bits per heavy atom. The Morgan fingerprint density at radius 1 is 1.29 bits per heavy atom. The number of aliphatic hydroxyl groups is 1. The Bertz CT molecular complexity index is 1430. The van der Waals surface area contributed by atoms with E-state index in [0.29, 0.717) is 23.4 Å². The molecule has 4 aromatic rings. The van der Waals surface area contributed by atoms with E-state index in [1.807, 2.05) is 4.57 Å². The Kier molecular flexibility index (Phi) is 5.76. The zero-order valence-electron chi connectivity index (χ0n) is 19.5. The number of fused-ring (bicyclic) bond motifs is 1. The van der Waals surface area contributed by atoms with Crippen LogP contribution in [0.25, 0.3) is 33.5 Å². The average Bonchev–Trinajstić information content (AvgIpc) is 3.43. The normalized spacial score (nSPS) is 15.1. The van der Waals surface area contributed by atoms with Gasteiger partial charge in [-0.1, -0.05) is 25.0 Å². The number of aldehydes is 1. The summed E-state index contributed by atoms with van der Waals surface area (Å²) in [6, 6.07) is 12.3. The predicted octanol–water partition coefficient (Wildman–Crippen LogP) is 4.27. The van der Waals surface area contributed by atoms with Gasteiger partial charge < -0.3 is 23.9 Å². The van der Waals surface area contributed by atoms with Crippen LogP contribution in [0.15, 0.2) is 36.4 Å². The second kappa shape index (κ2) is 8.88. The van der Waals surface area contributed by atoms with Crippen molar-refractivity contribution in [1.29, 1.82) is 0 Å². The molecule has 174 valence electrons. The molecular formula is C27H28N4O3. The quantitative estimate of drug-likeness (QED) is 0.317. The number of hydrogen-bond acceptors (Lipinski definition) is 5. The lowest BCUT2D eigenvalue weighted by Gasteiger charge is -2.36. The molecule has 1 aliphatic heterocycles. The van der Waals surface area contributed by atoms with E-state index in [2.05, 4.69) is 46.6 Å². The number of nitrogens with zero attached hydrogens (tertiary/aromatic N) is 4. The molecule has 34 heavy (non-hydrogen) atoms. The standard InChI is InChI=1S/C27H28N4O3/c1-4-10-30-26-21(13-18(17-33)14-24(26)34-3)28-27(30)23-15-19-8-6-9-22-25(19)31(23)20(5-2)16-29(22)11-7-12-32/h1,6,8-9,13-15,17,20,32H,5,7,10-12,16H2,2-3H3. The number of anilines is 1. The smallest absolute Gasteiger partial charge is 0.158 e. The fourth-order valence-corrected chi connectivity index (χ4v) is 5.21. The zero-order valence-corrected chi connectivity index (χ0v) is 19.5. The van der Waals surface area contributed by atoms with Crippen LogP contribution in [0.4, 0.5) is 5.69 Å². The van der Waals surface area contributed by atoms with Crippen molar-refractivity contribution < 1.29 is 14.6 Å². The summed E-state index contributed by atoms with van der Waals surface area (Å²) >= 11 is 0. The highest BCUT2D eigenvalue weighted by molar-refractivity contribution is 5.98. The highest BCUT2D eigenvalue weighted by atomic mass is 16.5. The largest absolute Gasteiger partial charge is 0.494 e. The molecule has 0 spiro atoms. The van der Waals surface area contributed by atoms with Gasteiger partial charge in [0.15, 0.2) is 5.82 Å². The van der Waals surface area contributed by atoms with Gasteiger partial charge in [0.05, 0.1) is 42.1 Å². The van der Waals surface area contributed by atoms with Gasteiger partial charge in [0.25, 0.3) is 0 Å². The molecule has 0 aliphatic carbocycles. The minimum absolute atomic E-state index is 0.177. The number of methoxy groups -OCH3 is 1. The Morgan fingerprint density at radius 3 is 2.85 bits per heavy atom. The van der Waals surface area contributed by atoms with E-state index in [0.717, 1.165) is 54.6 Å². The number of carbonyl (C=O) groups is 1. The van der Waals surface area contributed by atoms with Gasteiger partial charge in [-0.2, -0.15) is 0 Å². The van der Waals surface area contributed by atoms with E-state index >= 15 is 0 Å². The molecule has 2 aromatic carbocycles. The van der Waals surface area contributed by atoms with Crippen molar-refractivity contribution in [2.24, 2.45) is 0 Å². The van der Waals surface area contributed by atoms with E-state index in [9.17, 15) is 9.90 Å². The fourth-order valence-electron chi connectivity index (χ4n) is 5.21. The van der Waals surface area contributed by atoms with E-state index < -0.39 is 0 Å². The molecule has 2 aromatic heterocycles. The number of rotatable bonds is 8. The molecule has 5 rings (SSSR count). The first-order valence-corrected chi connectivity index (χ1v) is 11.6. The van der Waals surface area contributed by atoms with Gasteiger partial charge in [0.2, 0.25) is 0 Å². The Labute approximate surface area is 198 Å². The maximum atomic E-state index is 11.5. The van der Waals surface area contributed by atoms with Crippen LogP contribution in [0.1, 0.15) is 36.2 Å². The molecule has 1 N–H and O–H groups in total. The summed E-state index contributed by atoms with van der Waals surface area (Å²) in [6.07, 6.45) is 8.26. The number of aromatic nitrogens is 3. The lowest BCUT2D eigenvalue weighted by Crippen LogP contribution is -2.36. The van der Waals surface area contributed by atoms with Crippen molar-refractivity contribution in [2.75, 3.05) is 31.7 Å². The van der Waals surface area contributed by atoms with Crippen molar-refractivity contribution in [3.05, 3.63) is 42.0 Å². The highest BCUT2D eigenvalue weighted by Gasteiger charge is 2.30. The molecule has 1 aliphatic rings. The van der Waals surface area contributed by atoms with E-state index in [4.69, 9.17) is 16.1 Å². The lowest BCUT2D eigenvalue weighted by atomic mass is 10.1. The number of hydrogen-bond donors (Lipinski definition) is 1. The molecule has 0 saturated carbocycles. The van der Waals surface area contributed by atoms with E-state index in [1.165, 1.54) is 11.2 Å². The summed E-state index contributed by atoms with van der Waals surface area (Å²) in [7, 11) is 1.59. The van der Waals surface area contributed by atoms with Crippen molar-refractivity contribution in [2.45, 2.75) is 32.4 Å². The maximum Gasteiger partial charge on any atom is 0.158 e. The first kappa shape index (κ1) is 22.1. The summed E-state index contributed by atoms with van der Waals surface area (Å²) < 4.78 is 10.0. The molecule has 0 radical (unpaired) electrons. The summed E-state index contributed by atoms with van der Waals surface area (Å²) in [5, 5.41) is 10.5. The van der Waals surface area contributed by atoms with Gasteiger partial charge in [-0.25, -0.2) is 4.98 Å². The third-order valence-corrected chi connectivity index (χ3v) is 6.70. The van der Waals surface area contributed by atoms with Crippen LogP contribution in [0, 0.1) is 12.3 Å². The molecule has 0 saturated heterocycles. The first-order chi connectivity index (χ1) is 16.6. The zero-order chi connectivity index (χ0) is 23.8. The number of benzene rings is 2. The number of terminal acetylenes is 1. The molecular weight excluding hydrogens is 428 g/mol. The number of ether oxygens (including phenoxy) is 1. The van der Waals surface area contributed by atoms with Crippen molar-refractivity contribution in [3.63, 3.8) is 0 Å². The van der Waals surface area contributed by atoms with Crippen LogP contribution in [-0.4, -0.2) is 52.3 Å². The predicted molar refractivity (Wildman–Crippen MR) is 135 cm³/mol. The topological polar surface area (TPSA) is 72.5 Å². The number of para-hydroxylation sites is 1. The average molecular weight is 457 g/mol. The van der Waals surface area contributed by atoms with Gasteiger partial charge in [0, 0.05) is 30.6 Å². The Hall–Kier alpha value is -3.76. The molecule has 7 heteroatoms. The summed E-state index contributed by atoms with van der Waals surface area (Å²) in [5.41, 5.74) is 5.32. The van der Waals surface area contributed by atoms with Crippen molar-refractivity contribution in [1.82, 2.24) is 14.1 Å². The molecule has 7 nitrogen and oxygen atoms in total. The maximum absolute atomic E-state index is 11.5. The van der Waals surface area contributed by atoms with Gasteiger partial charge in [-0.15, -0.1) is 6.42 Å².